The Labute approximate surface area is 76.2 Å². The maximum Gasteiger partial charge on any atom is 0.248 e. The Balaban J connectivity index is 2.87. The average molecular weight is 173 g/mol. The molecule has 13 heavy (non-hydrogen) atoms. The number of fused-ring (bicyclic) bond motifs is 1. The number of rotatable bonds is 1. The second-order valence-corrected chi connectivity index (χ2v) is 3.06. The summed E-state index contributed by atoms with van der Waals surface area (Å²) in [4.78, 5) is 13.9. The van der Waals surface area contributed by atoms with E-state index >= 15 is 0 Å². The summed E-state index contributed by atoms with van der Waals surface area (Å²) < 4.78 is 0. The molecule has 0 spiro atoms. The Morgan fingerprint density at radius 2 is 2.08 bits per heavy atom. The molecule has 0 atom stereocenters. The standard InChI is InChI=1S/C11H11NO/c1-2-8-4-3-5-9-6-7-10(13)12-11(8)9/h3-7H,2H2,1H3,(H,12,13). The maximum absolute atomic E-state index is 11.1. The molecular formula is C11H11NO. The molecule has 66 valence electrons. The maximum atomic E-state index is 11.1. The van der Waals surface area contributed by atoms with Gasteiger partial charge < -0.3 is 4.98 Å². The number of aryl methyl sites for hydroxylation is 1. The van der Waals surface area contributed by atoms with Crippen molar-refractivity contribution in [3.8, 4) is 0 Å². The van der Waals surface area contributed by atoms with Crippen molar-refractivity contribution in [2.75, 3.05) is 0 Å². The van der Waals surface area contributed by atoms with E-state index in [1.54, 1.807) is 6.07 Å². The molecule has 0 radical (unpaired) electrons. The minimum absolute atomic E-state index is 0.0339. The van der Waals surface area contributed by atoms with Crippen LogP contribution in [0.5, 0.6) is 0 Å². The van der Waals surface area contributed by atoms with Gasteiger partial charge in [-0.15, -0.1) is 0 Å². The number of aromatic nitrogens is 1. The Kier molecular flexibility index (Phi) is 1.89. The van der Waals surface area contributed by atoms with E-state index in [1.807, 2.05) is 24.3 Å². The van der Waals surface area contributed by atoms with Crippen molar-refractivity contribution in [3.05, 3.63) is 46.2 Å². The minimum atomic E-state index is -0.0339. The van der Waals surface area contributed by atoms with E-state index in [1.165, 1.54) is 5.56 Å². The topological polar surface area (TPSA) is 32.9 Å². The SMILES string of the molecule is CCc1cccc2ccc(=O)[nH]c12. The molecule has 1 N–H and O–H groups in total. The molecule has 2 aromatic rings. The fraction of sp³-hybridized carbons (Fsp3) is 0.182. The third-order valence-electron chi connectivity index (χ3n) is 2.23. The zero-order valence-electron chi connectivity index (χ0n) is 7.50. The van der Waals surface area contributed by atoms with Crippen molar-refractivity contribution >= 4 is 10.9 Å². The first kappa shape index (κ1) is 8.05. The van der Waals surface area contributed by atoms with E-state index in [9.17, 15) is 4.79 Å². The molecule has 0 saturated heterocycles. The lowest BCUT2D eigenvalue weighted by Gasteiger charge is -2.02. The lowest BCUT2D eigenvalue weighted by molar-refractivity contribution is 1.14. The molecule has 0 aliphatic rings. The highest BCUT2D eigenvalue weighted by Gasteiger charge is 1.98. The highest BCUT2D eigenvalue weighted by Crippen LogP contribution is 2.14. The average Bonchev–Trinajstić information content (AvgIpc) is 2.17. The van der Waals surface area contributed by atoms with Gasteiger partial charge in [-0.25, -0.2) is 0 Å². The van der Waals surface area contributed by atoms with Crippen LogP contribution in [0.4, 0.5) is 0 Å². The van der Waals surface area contributed by atoms with Crippen molar-refractivity contribution in [2.45, 2.75) is 13.3 Å². The van der Waals surface area contributed by atoms with Crippen LogP contribution >= 0.6 is 0 Å². The van der Waals surface area contributed by atoms with Gasteiger partial charge in [0.15, 0.2) is 0 Å². The predicted octanol–water partition coefficient (Wildman–Crippen LogP) is 2.09. The smallest absolute Gasteiger partial charge is 0.248 e. The molecule has 1 heterocycles. The first-order chi connectivity index (χ1) is 6.31. The van der Waals surface area contributed by atoms with Crippen LogP contribution in [0.25, 0.3) is 10.9 Å². The molecular weight excluding hydrogens is 162 g/mol. The summed E-state index contributed by atoms with van der Waals surface area (Å²) in [7, 11) is 0. The number of H-pyrrole nitrogens is 1. The Hall–Kier alpha value is -1.57. The van der Waals surface area contributed by atoms with Gasteiger partial charge in [-0.2, -0.15) is 0 Å². The van der Waals surface area contributed by atoms with Gasteiger partial charge in [0.05, 0.1) is 5.52 Å². The van der Waals surface area contributed by atoms with Gasteiger partial charge in [-0.1, -0.05) is 25.1 Å². The number of benzene rings is 1. The molecule has 2 nitrogen and oxygen atoms in total. The van der Waals surface area contributed by atoms with Gasteiger partial charge in [0, 0.05) is 6.07 Å². The van der Waals surface area contributed by atoms with E-state index in [4.69, 9.17) is 0 Å². The van der Waals surface area contributed by atoms with E-state index in [0.717, 1.165) is 17.3 Å². The van der Waals surface area contributed by atoms with Crippen LogP contribution in [-0.2, 0) is 6.42 Å². The van der Waals surface area contributed by atoms with Crippen LogP contribution < -0.4 is 5.56 Å². The second-order valence-electron chi connectivity index (χ2n) is 3.06. The van der Waals surface area contributed by atoms with E-state index < -0.39 is 0 Å². The zero-order valence-corrected chi connectivity index (χ0v) is 7.50. The van der Waals surface area contributed by atoms with Crippen LogP contribution in [0.1, 0.15) is 12.5 Å². The van der Waals surface area contributed by atoms with Crippen molar-refractivity contribution in [2.24, 2.45) is 0 Å². The third-order valence-corrected chi connectivity index (χ3v) is 2.23. The largest absolute Gasteiger partial charge is 0.322 e. The van der Waals surface area contributed by atoms with Crippen LogP contribution in [0, 0.1) is 0 Å². The van der Waals surface area contributed by atoms with Gasteiger partial charge in [0.2, 0.25) is 5.56 Å². The number of hydrogen-bond donors (Lipinski definition) is 1. The molecule has 1 aromatic carbocycles. The summed E-state index contributed by atoms with van der Waals surface area (Å²) >= 11 is 0. The third kappa shape index (κ3) is 1.35. The van der Waals surface area contributed by atoms with E-state index in [2.05, 4.69) is 11.9 Å². The summed E-state index contributed by atoms with van der Waals surface area (Å²) in [6, 6.07) is 9.47. The molecule has 0 bridgehead atoms. The number of aromatic amines is 1. The second kappa shape index (κ2) is 3.05. The van der Waals surface area contributed by atoms with Crippen LogP contribution in [-0.4, -0.2) is 4.98 Å². The molecule has 0 aliphatic heterocycles. The van der Waals surface area contributed by atoms with Crippen LogP contribution in [0.2, 0.25) is 0 Å². The van der Waals surface area contributed by atoms with Gasteiger partial charge in [-0.05, 0) is 23.4 Å². The van der Waals surface area contributed by atoms with Gasteiger partial charge >= 0.3 is 0 Å². The summed E-state index contributed by atoms with van der Waals surface area (Å²) in [6.45, 7) is 2.08. The van der Waals surface area contributed by atoms with Crippen molar-refractivity contribution < 1.29 is 0 Å². The monoisotopic (exact) mass is 173 g/mol. The zero-order chi connectivity index (χ0) is 9.26. The van der Waals surface area contributed by atoms with Crippen LogP contribution in [0.15, 0.2) is 35.1 Å². The minimum Gasteiger partial charge on any atom is -0.322 e. The van der Waals surface area contributed by atoms with Gasteiger partial charge in [0.1, 0.15) is 0 Å². The number of hydrogen-bond acceptors (Lipinski definition) is 1. The fourth-order valence-electron chi connectivity index (χ4n) is 1.54. The molecule has 0 aliphatic carbocycles. The highest BCUT2D eigenvalue weighted by atomic mass is 16.1. The van der Waals surface area contributed by atoms with Crippen molar-refractivity contribution in [3.63, 3.8) is 0 Å². The van der Waals surface area contributed by atoms with E-state index in [0.29, 0.717) is 0 Å². The van der Waals surface area contributed by atoms with Crippen molar-refractivity contribution in [1.82, 2.24) is 4.98 Å². The lowest BCUT2D eigenvalue weighted by Crippen LogP contribution is -2.03. The molecule has 1 aromatic heterocycles. The summed E-state index contributed by atoms with van der Waals surface area (Å²) in [5.41, 5.74) is 2.13. The van der Waals surface area contributed by atoms with Crippen molar-refractivity contribution in [1.29, 1.82) is 0 Å². The molecule has 0 amide bonds. The quantitative estimate of drug-likeness (QED) is 0.703. The van der Waals surface area contributed by atoms with Crippen LogP contribution in [0.3, 0.4) is 0 Å². The Morgan fingerprint density at radius 3 is 2.85 bits per heavy atom. The first-order valence-corrected chi connectivity index (χ1v) is 4.42. The summed E-state index contributed by atoms with van der Waals surface area (Å²) in [5.74, 6) is 0. The van der Waals surface area contributed by atoms with Gasteiger partial charge in [0.25, 0.3) is 0 Å². The molecule has 0 saturated carbocycles. The molecule has 2 rings (SSSR count). The first-order valence-electron chi connectivity index (χ1n) is 4.42. The van der Waals surface area contributed by atoms with E-state index in [-0.39, 0.29) is 5.56 Å². The Morgan fingerprint density at radius 1 is 1.23 bits per heavy atom. The highest BCUT2D eigenvalue weighted by molar-refractivity contribution is 5.81. The number of para-hydroxylation sites is 1. The molecule has 0 unspecified atom stereocenters. The number of nitrogens with one attached hydrogen (secondary N) is 1. The Bertz CT molecular complexity index is 485. The lowest BCUT2D eigenvalue weighted by atomic mass is 10.1. The summed E-state index contributed by atoms with van der Waals surface area (Å²) in [6.07, 6.45) is 0.942. The summed E-state index contributed by atoms with van der Waals surface area (Å²) in [5, 5.41) is 1.10. The predicted molar refractivity (Wildman–Crippen MR) is 53.9 cm³/mol. The normalized spacial score (nSPS) is 10.5. The fourth-order valence-corrected chi connectivity index (χ4v) is 1.54. The number of pyridine rings is 1. The van der Waals surface area contributed by atoms with Gasteiger partial charge in [-0.3, -0.25) is 4.79 Å². The molecule has 2 heteroatoms. The molecule has 0 fully saturated rings.